The van der Waals surface area contributed by atoms with Crippen molar-refractivity contribution in [1.82, 2.24) is 4.98 Å². The summed E-state index contributed by atoms with van der Waals surface area (Å²) < 4.78 is 37.4. The molecule has 0 unspecified atom stereocenters. The van der Waals surface area contributed by atoms with E-state index in [1.165, 1.54) is 24.3 Å². The average molecular weight is 302 g/mol. The molecule has 0 radical (unpaired) electrons. The molecule has 0 aliphatic heterocycles. The Bertz CT molecular complexity index is 654. The number of hydrogen-bond acceptors (Lipinski definition) is 2. The fraction of sp³-hybridized carbons (Fsp3) is 0.0769. The summed E-state index contributed by atoms with van der Waals surface area (Å²) in [4.78, 5) is 14.6. The zero-order valence-electron chi connectivity index (χ0n) is 9.78. The summed E-state index contributed by atoms with van der Waals surface area (Å²) in [6.07, 6.45) is -4.43. The molecule has 0 saturated heterocycles. The molecule has 1 aromatic carbocycles. The van der Waals surface area contributed by atoms with Gasteiger partial charge in [-0.15, -0.1) is 0 Å². The molecule has 1 N–H and O–H groups in total. The minimum atomic E-state index is -4.43. The molecule has 104 valence electrons. The highest BCUT2D eigenvalue weighted by molar-refractivity contribution is 6.33. The largest absolute Gasteiger partial charge is 0.477 e. The van der Waals surface area contributed by atoms with Crippen LogP contribution in [0.15, 0.2) is 36.4 Å². The first-order valence-electron chi connectivity index (χ1n) is 5.36. The Morgan fingerprint density at radius 3 is 2.20 bits per heavy atom. The van der Waals surface area contributed by atoms with Gasteiger partial charge in [0.2, 0.25) is 0 Å². The lowest BCUT2D eigenvalue weighted by molar-refractivity contribution is -0.137. The predicted octanol–water partition coefficient (Wildman–Crippen LogP) is 4.12. The Morgan fingerprint density at radius 2 is 1.70 bits per heavy atom. The van der Waals surface area contributed by atoms with Gasteiger partial charge in [-0.05, 0) is 24.3 Å². The van der Waals surface area contributed by atoms with Crippen molar-refractivity contribution in [2.45, 2.75) is 6.18 Å². The van der Waals surface area contributed by atoms with Crippen LogP contribution in [0.1, 0.15) is 16.1 Å². The second kappa shape index (κ2) is 5.13. The van der Waals surface area contributed by atoms with Crippen LogP contribution in [0.25, 0.3) is 11.3 Å². The van der Waals surface area contributed by atoms with E-state index in [2.05, 4.69) is 4.98 Å². The van der Waals surface area contributed by atoms with Crippen molar-refractivity contribution in [2.24, 2.45) is 0 Å². The number of hydrogen-bond donors (Lipinski definition) is 1. The molecule has 2 aromatic rings. The summed E-state index contributed by atoms with van der Waals surface area (Å²) >= 11 is 5.89. The average Bonchev–Trinajstić information content (AvgIpc) is 2.38. The van der Waals surface area contributed by atoms with Crippen molar-refractivity contribution in [1.29, 1.82) is 0 Å². The van der Waals surface area contributed by atoms with Crippen LogP contribution in [0.4, 0.5) is 13.2 Å². The first-order chi connectivity index (χ1) is 9.29. The molecule has 2 rings (SSSR count). The fourth-order valence-corrected chi connectivity index (χ4v) is 1.80. The number of nitrogens with zero attached hydrogens (tertiary/aromatic N) is 1. The van der Waals surface area contributed by atoms with Crippen molar-refractivity contribution in [3.63, 3.8) is 0 Å². The summed E-state index contributed by atoms with van der Waals surface area (Å²) in [5, 5.41) is 9.01. The lowest BCUT2D eigenvalue weighted by atomic mass is 10.1. The summed E-state index contributed by atoms with van der Waals surface area (Å²) in [5.74, 6) is -1.24. The molecule has 7 heteroatoms. The van der Waals surface area contributed by atoms with Gasteiger partial charge in [0.25, 0.3) is 0 Å². The van der Waals surface area contributed by atoms with Gasteiger partial charge in [0.05, 0.1) is 16.3 Å². The lowest BCUT2D eigenvalue weighted by Crippen LogP contribution is -2.04. The second-order valence-electron chi connectivity index (χ2n) is 3.91. The standard InChI is InChI=1S/C13H7ClF3NO2/c14-9-5-6-10(12(19)20)18-11(9)7-1-3-8(4-2-7)13(15,16)17/h1-6H,(H,19,20). The van der Waals surface area contributed by atoms with Gasteiger partial charge in [-0.25, -0.2) is 9.78 Å². The summed E-state index contributed by atoms with van der Waals surface area (Å²) in [6, 6.07) is 6.73. The van der Waals surface area contributed by atoms with Gasteiger partial charge in [-0.3, -0.25) is 0 Å². The van der Waals surface area contributed by atoms with Gasteiger partial charge >= 0.3 is 12.1 Å². The van der Waals surface area contributed by atoms with Crippen LogP contribution in [-0.2, 0) is 6.18 Å². The SMILES string of the molecule is O=C(O)c1ccc(Cl)c(-c2ccc(C(F)(F)F)cc2)n1. The predicted molar refractivity (Wildman–Crippen MR) is 66.6 cm³/mol. The topological polar surface area (TPSA) is 50.2 Å². The third kappa shape index (κ3) is 2.91. The molecule has 0 fully saturated rings. The van der Waals surface area contributed by atoms with Crippen molar-refractivity contribution < 1.29 is 23.1 Å². The Kier molecular flexibility index (Phi) is 3.67. The van der Waals surface area contributed by atoms with Gasteiger partial charge in [-0.1, -0.05) is 23.7 Å². The van der Waals surface area contributed by atoms with E-state index >= 15 is 0 Å². The molecular weight excluding hydrogens is 295 g/mol. The van der Waals surface area contributed by atoms with E-state index in [-0.39, 0.29) is 16.4 Å². The number of pyridine rings is 1. The molecule has 0 spiro atoms. The van der Waals surface area contributed by atoms with Gasteiger partial charge < -0.3 is 5.11 Å². The molecule has 1 heterocycles. The van der Waals surface area contributed by atoms with Crippen LogP contribution in [0.5, 0.6) is 0 Å². The number of rotatable bonds is 2. The minimum absolute atomic E-state index is 0.125. The number of halogens is 4. The van der Waals surface area contributed by atoms with Crippen molar-refractivity contribution in [3.05, 3.63) is 52.7 Å². The van der Waals surface area contributed by atoms with Crippen LogP contribution in [0, 0.1) is 0 Å². The van der Waals surface area contributed by atoms with Gasteiger partial charge in [0.1, 0.15) is 5.69 Å². The zero-order chi connectivity index (χ0) is 14.9. The van der Waals surface area contributed by atoms with Crippen LogP contribution < -0.4 is 0 Å². The Labute approximate surface area is 116 Å². The minimum Gasteiger partial charge on any atom is -0.477 e. The Hall–Kier alpha value is -2.08. The molecule has 3 nitrogen and oxygen atoms in total. The highest BCUT2D eigenvalue weighted by atomic mass is 35.5. The molecule has 1 aromatic heterocycles. The Balaban J connectivity index is 2.46. The third-order valence-corrected chi connectivity index (χ3v) is 2.86. The van der Waals surface area contributed by atoms with E-state index in [0.717, 1.165) is 12.1 Å². The maximum Gasteiger partial charge on any atom is 0.416 e. The molecule has 0 amide bonds. The molecule has 0 aliphatic carbocycles. The van der Waals surface area contributed by atoms with E-state index in [4.69, 9.17) is 16.7 Å². The zero-order valence-corrected chi connectivity index (χ0v) is 10.5. The van der Waals surface area contributed by atoms with E-state index in [1.54, 1.807) is 0 Å². The van der Waals surface area contributed by atoms with E-state index < -0.39 is 17.7 Å². The number of aromatic carboxylic acids is 1. The number of carboxylic acids is 1. The number of benzene rings is 1. The van der Waals surface area contributed by atoms with E-state index in [9.17, 15) is 18.0 Å². The van der Waals surface area contributed by atoms with Crippen LogP contribution in [0.3, 0.4) is 0 Å². The highest BCUT2D eigenvalue weighted by Gasteiger charge is 2.30. The fourth-order valence-electron chi connectivity index (χ4n) is 1.58. The van der Waals surface area contributed by atoms with Gasteiger partial charge in [-0.2, -0.15) is 13.2 Å². The second-order valence-corrected chi connectivity index (χ2v) is 4.31. The number of alkyl halides is 3. The first kappa shape index (κ1) is 14.3. The highest BCUT2D eigenvalue weighted by Crippen LogP contribution is 2.32. The van der Waals surface area contributed by atoms with Crippen LogP contribution in [0.2, 0.25) is 5.02 Å². The maximum absolute atomic E-state index is 12.5. The lowest BCUT2D eigenvalue weighted by Gasteiger charge is -2.08. The normalized spacial score (nSPS) is 11.4. The Morgan fingerprint density at radius 1 is 1.10 bits per heavy atom. The maximum atomic E-state index is 12.5. The van der Waals surface area contributed by atoms with Crippen molar-refractivity contribution >= 4 is 17.6 Å². The number of carboxylic acid groups (broad SMARTS) is 1. The summed E-state index contributed by atoms with van der Waals surface area (Å²) in [6.45, 7) is 0. The quantitative estimate of drug-likeness (QED) is 0.907. The van der Waals surface area contributed by atoms with Gasteiger partial charge in [0.15, 0.2) is 0 Å². The van der Waals surface area contributed by atoms with Crippen molar-refractivity contribution in [2.75, 3.05) is 0 Å². The third-order valence-electron chi connectivity index (χ3n) is 2.55. The molecule has 0 aliphatic rings. The summed E-state index contributed by atoms with van der Waals surface area (Å²) in [7, 11) is 0. The number of aromatic nitrogens is 1. The molecular formula is C13H7ClF3NO2. The summed E-state index contributed by atoms with van der Waals surface area (Å²) in [5.41, 5.74) is -0.595. The van der Waals surface area contributed by atoms with Gasteiger partial charge in [0, 0.05) is 5.56 Å². The van der Waals surface area contributed by atoms with Crippen molar-refractivity contribution in [3.8, 4) is 11.3 Å². The van der Waals surface area contributed by atoms with E-state index in [0.29, 0.717) is 5.56 Å². The first-order valence-corrected chi connectivity index (χ1v) is 5.74. The molecule has 0 atom stereocenters. The molecule has 0 bridgehead atoms. The molecule has 0 saturated carbocycles. The number of carbonyl (C=O) groups is 1. The smallest absolute Gasteiger partial charge is 0.416 e. The molecule has 20 heavy (non-hydrogen) atoms. The van der Waals surface area contributed by atoms with Crippen LogP contribution in [-0.4, -0.2) is 16.1 Å². The van der Waals surface area contributed by atoms with Crippen LogP contribution >= 0.6 is 11.6 Å². The monoisotopic (exact) mass is 301 g/mol. The van der Waals surface area contributed by atoms with E-state index in [1.807, 2.05) is 0 Å².